The molecule has 9 heteroatoms. The molecule has 0 saturated carbocycles. The zero-order valence-corrected chi connectivity index (χ0v) is 13.7. The topological polar surface area (TPSA) is 55.8 Å². The van der Waals surface area contributed by atoms with Crippen LogP contribution in [0.1, 0.15) is 25.8 Å². The van der Waals surface area contributed by atoms with Crippen molar-refractivity contribution in [3.63, 3.8) is 0 Å². The van der Waals surface area contributed by atoms with Gasteiger partial charge in [-0.25, -0.2) is 9.18 Å². The summed E-state index contributed by atoms with van der Waals surface area (Å²) < 4.78 is 75.9. The molecule has 0 radical (unpaired) electrons. The lowest BCUT2D eigenvalue weighted by molar-refractivity contribution is -0.260. The number of esters is 1. The summed E-state index contributed by atoms with van der Waals surface area (Å²) in [6.07, 6.45) is -5.47. The van der Waals surface area contributed by atoms with Gasteiger partial charge in [0, 0.05) is 12.0 Å². The highest BCUT2D eigenvalue weighted by molar-refractivity contribution is 5.84. The molecule has 1 aromatic carbocycles. The van der Waals surface area contributed by atoms with E-state index >= 15 is 0 Å². The van der Waals surface area contributed by atoms with Crippen LogP contribution in [0.2, 0.25) is 0 Å². The van der Waals surface area contributed by atoms with E-state index in [-0.39, 0.29) is 17.7 Å². The van der Waals surface area contributed by atoms with Crippen molar-refractivity contribution < 1.29 is 41.3 Å². The summed E-state index contributed by atoms with van der Waals surface area (Å²) in [5.41, 5.74) is -4.35. The summed E-state index contributed by atoms with van der Waals surface area (Å²) in [4.78, 5) is 11.7. The maximum Gasteiger partial charge on any atom is 0.428 e. The molecule has 0 bridgehead atoms. The van der Waals surface area contributed by atoms with E-state index in [0.717, 1.165) is 19.3 Å². The quantitative estimate of drug-likeness (QED) is 0.616. The van der Waals surface area contributed by atoms with Crippen molar-refractivity contribution in [2.45, 2.75) is 32.0 Å². The molecule has 0 heterocycles. The van der Waals surface area contributed by atoms with Gasteiger partial charge >= 0.3 is 12.1 Å². The first-order valence-electron chi connectivity index (χ1n) is 7.17. The Morgan fingerprint density at radius 2 is 1.88 bits per heavy atom. The molecule has 25 heavy (non-hydrogen) atoms. The fourth-order valence-corrected chi connectivity index (χ4v) is 2.15. The molecule has 0 aliphatic carbocycles. The number of ether oxygens (including phenoxy) is 2. The Balaban J connectivity index is 3.42. The molecule has 0 fully saturated rings. The third-order valence-corrected chi connectivity index (χ3v) is 3.48. The number of alkyl halides is 3. The maximum atomic E-state index is 13.8. The average Bonchev–Trinajstić information content (AvgIpc) is 2.54. The van der Waals surface area contributed by atoms with E-state index in [9.17, 15) is 31.9 Å². The van der Waals surface area contributed by atoms with Crippen LogP contribution in [-0.2, 0) is 9.53 Å². The average molecular weight is 368 g/mol. The van der Waals surface area contributed by atoms with Crippen molar-refractivity contribution in [3.8, 4) is 5.75 Å². The number of benzene rings is 1. The first kappa shape index (κ1) is 20.9. The van der Waals surface area contributed by atoms with Gasteiger partial charge in [-0.3, -0.25) is 0 Å². The number of carbonyl (C=O) groups excluding carboxylic acids is 1. The molecule has 1 atom stereocenters. The van der Waals surface area contributed by atoms with Crippen LogP contribution in [0.15, 0.2) is 18.2 Å². The number of allylic oxidation sites excluding steroid dienone is 1. The Labute approximate surface area is 140 Å². The molecular weight excluding hydrogens is 351 g/mol. The van der Waals surface area contributed by atoms with E-state index in [1.54, 1.807) is 0 Å². The van der Waals surface area contributed by atoms with Crippen molar-refractivity contribution in [3.05, 3.63) is 35.4 Å². The molecule has 140 valence electrons. The van der Waals surface area contributed by atoms with Gasteiger partial charge in [-0.2, -0.15) is 17.6 Å². The molecule has 0 aromatic heterocycles. The molecule has 1 N–H and O–H groups in total. The molecule has 0 aliphatic rings. The van der Waals surface area contributed by atoms with Gasteiger partial charge < -0.3 is 14.6 Å². The van der Waals surface area contributed by atoms with E-state index in [2.05, 4.69) is 4.74 Å². The van der Waals surface area contributed by atoms with E-state index in [4.69, 9.17) is 4.74 Å². The molecule has 1 unspecified atom stereocenters. The highest BCUT2D eigenvalue weighted by Crippen LogP contribution is 2.41. The van der Waals surface area contributed by atoms with Crippen LogP contribution in [0.5, 0.6) is 5.75 Å². The molecule has 0 saturated heterocycles. The van der Waals surface area contributed by atoms with Crippen molar-refractivity contribution in [2.24, 2.45) is 0 Å². The monoisotopic (exact) mass is 368 g/mol. The second kappa shape index (κ2) is 7.81. The van der Waals surface area contributed by atoms with Crippen LogP contribution in [0.25, 0.3) is 5.57 Å². The van der Waals surface area contributed by atoms with E-state index in [0.29, 0.717) is 6.07 Å². The molecule has 0 amide bonds. The smallest absolute Gasteiger partial charge is 0.428 e. The minimum Gasteiger partial charge on any atom is -0.493 e. The third-order valence-electron chi connectivity index (χ3n) is 3.48. The van der Waals surface area contributed by atoms with Gasteiger partial charge in [-0.05, 0) is 31.6 Å². The molecule has 1 aromatic rings. The normalized spacial score (nSPS) is 14.8. The van der Waals surface area contributed by atoms with Gasteiger partial charge in [0.2, 0.25) is 5.82 Å². The van der Waals surface area contributed by atoms with Crippen molar-refractivity contribution in [1.82, 2.24) is 0 Å². The van der Waals surface area contributed by atoms with Crippen LogP contribution in [0.3, 0.4) is 0 Å². The first-order valence-corrected chi connectivity index (χ1v) is 7.17. The van der Waals surface area contributed by atoms with E-state index in [1.807, 2.05) is 0 Å². The summed E-state index contributed by atoms with van der Waals surface area (Å²) >= 11 is 0. The third kappa shape index (κ3) is 4.09. The maximum absolute atomic E-state index is 13.8. The van der Waals surface area contributed by atoms with Crippen LogP contribution in [0, 0.1) is 11.6 Å². The zero-order chi connectivity index (χ0) is 19.4. The molecule has 4 nitrogen and oxygen atoms in total. The van der Waals surface area contributed by atoms with Crippen LogP contribution < -0.4 is 4.74 Å². The predicted octanol–water partition coefficient (Wildman–Crippen LogP) is 3.62. The number of hydrogen-bond donors (Lipinski definition) is 1. The Bertz CT molecular complexity index is 669. The summed E-state index contributed by atoms with van der Waals surface area (Å²) in [6.45, 7) is 2.22. The van der Waals surface area contributed by atoms with Gasteiger partial charge in [-0.15, -0.1) is 0 Å². The van der Waals surface area contributed by atoms with Gasteiger partial charge in [0.1, 0.15) is 0 Å². The molecular formula is C16H17F5O4. The highest BCUT2D eigenvalue weighted by Gasteiger charge is 2.61. The van der Waals surface area contributed by atoms with Crippen molar-refractivity contribution in [1.29, 1.82) is 0 Å². The summed E-state index contributed by atoms with van der Waals surface area (Å²) in [5.74, 6) is -5.18. The fraction of sp³-hybridized carbons (Fsp3) is 0.438. The second-order valence-corrected chi connectivity index (χ2v) is 5.01. The molecule has 0 spiro atoms. The number of methoxy groups -OCH3 is 1. The highest BCUT2D eigenvalue weighted by atomic mass is 19.4. The number of hydrogen-bond acceptors (Lipinski definition) is 4. The van der Waals surface area contributed by atoms with E-state index < -0.39 is 41.6 Å². The number of carbonyl (C=O) groups is 1. The molecule has 1 rings (SSSR count). The standard InChI is InChI=1S/C16H17F5O4/c1-4-9(10-6-7-11(17)12(18)13(10)24-3)8-15(23,16(19,20)21)14(22)25-5-2/h4,6-7,23H,5,8H2,1-3H3/b9-4+. The Hall–Kier alpha value is -2.16. The minimum absolute atomic E-state index is 0.226. The van der Waals surface area contributed by atoms with Gasteiger partial charge in [0.15, 0.2) is 11.6 Å². The number of aliphatic hydroxyl groups is 1. The number of halogens is 5. The largest absolute Gasteiger partial charge is 0.493 e. The minimum atomic E-state index is -5.35. The lowest BCUT2D eigenvalue weighted by Crippen LogP contribution is -2.53. The Morgan fingerprint density at radius 1 is 1.28 bits per heavy atom. The lowest BCUT2D eigenvalue weighted by Gasteiger charge is -2.29. The van der Waals surface area contributed by atoms with E-state index in [1.165, 1.54) is 13.8 Å². The lowest BCUT2D eigenvalue weighted by atomic mass is 9.89. The summed E-state index contributed by atoms with van der Waals surface area (Å²) in [5, 5.41) is 9.95. The zero-order valence-electron chi connectivity index (χ0n) is 13.7. The number of rotatable bonds is 6. The molecule has 0 aliphatic heterocycles. The summed E-state index contributed by atoms with van der Waals surface area (Å²) in [7, 11) is 1.01. The van der Waals surface area contributed by atoms with Gasteiger partial charge in [-0.1, -0.05) is 6.08 Å². The Morgan fingerprint density at radius 3 is 2.32 bits per heavy atom. The second-order valence-electron chi connectivity index (χ2n) is 5.01. The predicted molar refractivity (Wildman–Crippen MR) is 78.8 cm³/mol. The van der Waals surface area contributed by atoms with Crippen molar-refractivity contribution >= 4 is 11.5 Å². The Kier molecular flexibility index (Phi) is 6.53. The van der Waals surface area contributed by atoms with Gasteiger partial charge in [0.25, 0.3) is 5.60 Å². The summed E-state index contributed by atoms with van der Waals surface area (Å²) in [6, 6.07) is 1.70. The van der Waals surface area contributed by atoms with Crippen molar-refractivity contribution in [2.75, 3.05) is 13.7 Å². The first-order chi connectivity index (χ1) is 11.5. The van der Waals surface area contributed by atoms with Crippen LogP contribution in [0.4, 0.5) is 22.0 Å². The SMILES string of the molecule is C/C=C(\CC(O)(C(=O)OCC)C(F)(F)F)c1ccc(F)c(F)c1OC. The van der Waals surface area contributed by atoms with Gasteiger partial charge in [0.05, 0.1) is 13.7 Å². The van der Waals surface area contributed by atoms with Crippen LogP contribution in [-0.4, -0.2) is 36.6 Å². The van der Waals surface area contributed by atoms with Crippen LogP contribution >= 0.6 is 0 Å². The fourth-order valence-electron chi connectivity index (χ4n) is 2.15.